The van der Waals surface area contributed by atoms with Crippen LogP contribution in [-0.2, 0) is 4.79 Å². The standard InChI is InChI=1S/C22H17N3O3/c26-22(18-14-27-16-10-4-5-11-17(16)28-18)24-21-20(15-8-2-1-3-9-15)23-19-12-6-7-13-25(19)21/h1-13,18H,14H2,(H,24,26). The molecule has 2 aromatic heterocycles. The Balaban J connectivity index is 1.49. The van der Waals surface area contributed by atoms with Crippen molar-refractivity contribution in [2.75, 3.05) is 11.9 Å². The summed E-state index contributed by atoms with van der Waals surface area (Å²) in [6.45, 7) is 0.153. The molecule has 4 aromatic rings. The summed E-state index contributed by atoms with van der Waals surface area (Å²) in [5, 5.41) is 2.99. The monoisotopic (exact) mass is 371 g/mol. The highest BCUT2D eigenvalue weighted by atomic mass is 16.6. The molecular formula is C22H17N3O3. The zero-order valence-electron chi connectivity index (χ0n) is 14.9. The van der Waals surface area contributed by atoms with Crippen molar-refractivity contribution in [2.45, 2.75) is 6.10 Å². The molecule has 0 saturated carbocycles. The van der Waals surface area contributed by atoms with Gasteiger partial charge in [0.1, 0.15) is 23.8 Å². The Kier molecular flexibility index (Phi) is 3.94. The number of nitrogens with one attached hydrogen (secondary N) is 1. The van der Waals surface area contributed by atoms with Crippen LogP contribution in [0.2, 0.25) is 0 Å². The minimum atomic E-state index is -0.743. The van der Waals surface area contributed by atoms with Gasteiger partial charge in [0, 0.05) is 11.8 Å². The topological polar surface area (TPSA) is 64.9 Å². The molecule has 1 aliphatic rings. The summed E-state index contributed by atoms with van der Waals surface area (Å²) in [6, 6.07) is 22.8. The summed E-state index contributed by atoms with van der Waals surface area (Å²) < 4.78 is 13.4. The summed E-state index contributed by atoms with van der Waals surface area (Å²) in [7, 11) is 0. The quantitative estimate of drug-likeness (QED) is 0.595. The first-order chi connectivity index (χ1) is 13.8. The number of rotatable bonds is 3. The molecular weight excluding hydrogens is 354 g/mol. The normalized spacial score (nSPS) is 15.4. The van der Waals surface area contributed by atoms with E-state index in [1.165, 1.54) is 0 Å². The van der Waals surface area contributed by atoms with Gasteiger partial charge < -0.3 is 14.8 Å². The fourth-order valence-corrected chi connectivity index (χ4v) is 3.26. The predicted octanol–water partition coefficient (Wildman–Crippen LogP) is 3.78. The van der Waals surface area contributed by atoms with Crippen LogP contribution < -0.4 is 14.8 Å². The Morgan fingerprint density at radius 3 is 2.57 bits per heavy atom. The minimum absolute atomic E-state index is 0.153. The Hall–Kier alpha value is -3.80. The maximum atomic E-state index is 12.9. The third-order valence-corrected chi connectivity index (χ3v) is 4.62. The summed E-state index contributed by atoms with van der Waals surface area (Å²) in [6.07, 6.45) is 1.13. The zero-order valence-corrected chi connectivity index (χ0v) is 14.9. The number of hydrogen-bond donors (Lipinski definition) is 1. The smallest absolute Gasteiger partial charge is 0.270 e. The molecule has 138 valence electrons. The van der Waals surface area contributed by atoms with E-state index in [-0.39, 0.29) is 12.5 Å². The Morgan fingerprint density at radius 1 is 0.964 bits per heavy atom. The molecule has 3 heterocycles. The van der Waals surface area contributed by atoms with Gasteiger partial charge in [-0.15, -0.1) is 0 Å². The van der Waals surface area contributed by atoms with Gasteiger partial charge in [-0.25, -0.2) is 4.98 Å². The molecule has 1 N–H and O–H groups in total. The first-order valence-electron chi connectivity index (χ1n) is 9.01. The summed E-state index contributed by atoms with van der Waals surface area (Å²) in [5.41, 5.74) is 2.38. The van der Waals surface area contributed by atoms with E-state index in [9.17, 15) is 4.79 Å². The molecule has 1 unspecified atom stereocenters. The van der Waals surface area contributed by atoms with Gasteiger partial charge in [0.2, 0.25) is 6.10 Å². The maximum Gasteiger partial charge on any atom is 0.270 e. The third kappa shape index (κ3) is 2.85. The van der Waals surface area contributed by atoms with Crippen molar-refractivity contribution < 1.29 is 14.3 Å². The molecule has 0 radical (unpaired) electrons. The number of nitrogens with zero attached hydrogens (tertiary/aromatic N) is 2. The molecule has 6 heteroatoms. The van der Waals surface area contributed by atoms with Crippen LogP contribution in [0.5, 0.6) is 11.5 Å². The minimum Gasteiger partial charge on any atom is -0.485 e. The number of imidazole rings is 1. The SMILES string of the molecule is O=C(Nc1c(-c2ccccc2)nc2ccccn12)C1COc2ccccc2O1. The van der Waals surface area contributed by atoms with Crippen molar-refractivity contribution in [1.29, 1.82) is 0 Å². The molecule has 0 aliphatic carbocycles. The van der Waals surface area contributed by atoms with Crippen molar-refractivity contribution >= 4 is 17.4 Å². The van der Waals surface area contributed by atoms with E-state index in [1.54, 1.807) is 6.07 Å². The predicted molar refractivity (Wildman–Crippen MR) is 106 cm³/mol. The molecule has 1 atom stereocenters. The van der Waals surface area contributed by atoms with Gasteiger partial charge in [-0.1, -0.05) is 48.5 Å². The van der Waals surface area contributed by atoms with Crippen molar-refractivity contribution in [3.63, 3.8) is 0 Å². The highest BCUT2D eigenvalue weighted by molar-refractivity contribution is 5.97. The first kappa shape index (κ1) is 16.4. The van der Waals surface area contributed by atoms with Crippen LogP contribution in [0.4, 0.5) is 5.82 Å². The van der Waals surface area contributed by atoms with E-state index in [4.69, 9.17) is 14.5 Å². The van der Waals surface area contributed by atoms with E-state index in [1.807, 2.05) is 77.3 Å². The molecule has 5 rings (SSSR count). The molecule has 0 bridgehead atoms. The van der Waals surface area contributed by atoms with Crippen LogP contribution in [0.3, 0.4) is 0 Å². The van der Waals surface area contributed by atoms with Crippen molar-refractivity contribution in [2.24, 2.45) is 0 Å². The summed E-state index contributed by atoms with van der Waals surface area (Å²) in [4.78, 5) is 17.6. The second kappa shape index (κ2) is 6.74. The molecule has 6 nitrogen and oxygen atoms in total. The van der Waals surface area contributed by atoms with Gasteiger partial charge in [-0.2, -0.15) is 0 Å². The van der Waals surface area contributed by atoms with E-state index < -0.39 is 6.10 Å². The number of amides is 1. The van der Waals surface area contributed by atoms with E-state index in [0.29, 0.717) is 23.0 Å². The van der Waals surface area contributed by atoms with Gasteiger partial charge in [0.25, 0.3) is 5.91 Å². The van der Waals surface area contributed by atoms with Crippen LogP contribution in [0.25, 0.3) is 16.9 Å². The number of carbonyl (C=O) groups excluding carboxylic acids is 1. The largest absolute Gasteiger partial charge is 0.485 e. The van der Waals surface area contributed by atoms with E-state index in [0.717, 1.165) is 11.2 Å². The van der Waals surface area contributed by atoms with Crippen LogP contribution in [0, 0.1) is 0 Å². The highest BCUT2D eigenvalue weighted by Crippen LogP contribution is 2.32. The summed E-state index contributed by atoms with van der Waals surface area (Å²) >= 11 is 0. The number of para-hydroxylation sites is 2. The number of benzene rings is 2. The lowest BCUT2D eigenvalue weighted by molar-refractivity contribution is -0.125. The first-order valence-corrected chi connectivity index (χ1v) is 9.01. The van der Waals surface area contributed by atoms with Gasteiger partial charge in [0.05, 0.1) is 0 Å². The number of hydrogen-bond acceptors (Lipinski definition) is 4. The number of fused-ring (bicyclic) bond motifs is 2. The van der Waals surface area contributed by atoms with Crippen LogP contribution >= 0.6 is 0 Å². The highest BCUT2D eigenvalue weighted by Gasteiger charge is 2.29. The Labute approximate surface area is 161 Å². The lowest BCUT2D eigenvalue weighted by atomic mass is 10.1. The number of ether oxygens (including phenoxy) is 2. The Bertz CT molecular complexity index is 1150. The molecule has 2 aromatic carbocycles. The number of aromatic nitrogens is 2. The average molecular weight is 371 g/mol. The van der Waals surface area contributed by atoms with Crippen molar-refractivity contribution in [1.82, 2.24) is 9.38 Å². The zero-order chi connectivity index (χ0) is 18.9. The molecule has 1 amide bonds. The summed E-state index contributed by atoms with van der Waals surface area (Å²) in [5.74, 6) is 1.54. The van der Waals surface area contributed by atoms with Crippen LogP contribution in [0.15, 0.2) is 79.0 Å². The molecule has 0 saturated heterocycles. The van der Waals surface area contributed by atoms with Crippen LogP contribution in [0.1, 0.15) is 0 Å². The lowest BCUT2D eigenvalue weighted by Gasteiger charge is -2.25. The van der Waals surface area contributed by atoms with Gasteiger partial charge in [-0.3, -0.25) is 9.20 Å². The molecule has 28 heavy (non-hydrogen) atoms. The average Bonchev–Trinajstić information content (AvgIpc) is 3.12. The van der Waals surface area contributed by atoms with E-state index >= 15 is 0 Å². The van der Waals surface area contributed by atoms with Gasteiger partial charge >= 0.3 is 0 Å². The second-order valence-corrected chi connectivity index (χ2v) is 6.46. The number of pyridine rings is 1. The number of carbonyl (C=O) groups is 1. The maximum absolute atomic E-state index is 12.9. The van der Waals surface area contributed by atoms with E-state index in [2.05, 4.69) is 5.32 Å². The number of anilines is 1. The third-order valence-electron chi connectivity index (χ3n) is 4.62. The fourth-order valence-electron chi connectivity index (χ4n) is 3.26. The second-order valence-electron chi connectivity index (χ2n) is 6.46. The molecule has 0 spiro atoms. The van der Waals surface area contributed by atoms with Crippen molar-refractivity contribution in [3.8, 4) is 22.8 Å². The van der Waals surface area contributed by atoms with Gasteiger partial charge in [-0.05, 0) is 24.3 Å². The molecule has 1 aliphatic heterocycles. The van der Waals surface area contributed by atoms with Crippen molar-refractivity contribution in [3.05, 3.63) is 79.0 Å². The lowest BCUT2D eigenvalue weighted by Crippen LogP contribution is -2.40. The Morgan fingerprint density at radius 2 is 1.71 bits per heavy atom. The van der Waals surface area contributed by atoms with Gasteiger partial charge in [0.15, 0.2) is 11.5 Å². The molecule has 0 fully saturated rings. The van der Waals surface area contributed by atoms with Crippen LogP contribution in [-0.4, -0.2) is 28.0 Å². The fraction of sp³-hybridized carbons (Fsp3) is 0.0909.